The zero-order valence-corrected chi connectivity index (χ0v) is 45.0. The number of aliphatic hydroxyl groups excluding tert-OH is 1. The summed E-state index contributed by atoms with van der Waals surface area (Å²) in [7, 11) is 0. The van der Waals surface area contributed by atoms with Crippen LogP contribution in [0.4, 0.5) is 0 Å². The lowest BCUT2D eigenvalue weighted by molar-refractivity contribution is -0.158. The van der Waals surface area contributed by atoms with Crippen LogP contribution >= 0.6 is 0 Å². The van der Waals surface area contributed by atoms with Crippen molar-refractivity contribution in [2.45, 2.75) is 207 Å². The molecule has 0 bridgehead atoms. The highest BCUT2D eigenvalue weighted by molar-refractivity contribution is 5.69. The van der Waals surface area contributed by atoms with Crippen molar-refractivity contribution in [1.82, 2.24) is 4.90 Å². The molecular weight excluding hydrogens is 879 g/mol. The van der Waals surface area contributed by atoms with Gasteiger partial charge < -0.3 is 38.4 Å². The molecule has 0 saturated carbocycles. The van der Waals surface area contributed by atoms with Crippen LogP contribution in [0.2, 0.25) is 0 Å². The third kappa shape index (κ3) is 51.0. The Morgan fingerprint density at radius 2 is 0.686 bits per heavy atom. The Bertz CT molecular complexity index is 1220. The molecule has 10 heteroatoms. The summed E-state index contributed by atoms with van der Waals surface area (Å²) in [6, 6.07) is 0. The minimum atomic E-state index is -0.432. The van der Waals surface area contributed by atoms with Gasteiger partial charge >= 0.3 is 11.9 Å². The third-order valence-corrected chi connectivity index (χ3v) is 11.0. The Hall–Kier alpha value is -3.38. The van der Waals surface area contributed by atoms with Crippen molar-refractivity contribution in [3.63, 3.8) is 0 Å². The summed E-state index contributed by atoms with van der Waals surface area (Å²) in [6.45, 7) is 14.9. The molecule has 0 fully saturated rings. The minimum absolute atomic E-state index is 0.202. The lowest BCUT2D eigenvalue weighted by atomic mass is 10.1. The van der Waals surface area contributed by atoms with Crippen LogP contribution in [0.25, 0.3) is 0 Å². The maximum absolute atomic E-state index is 12.6. The Balaban J connectivity index is 4.51. The lowest BCUT2D eigenvalue weighted by Crippen LogP contribution is -2.27. The van der Waals surface area contributed by atoms with Gasteiger partial charge in [-0.25, -0.2) is 0 Å². The molecule has 0 saturated heterocycles. The van der Waals surface area contributed by atoms with Gasteiger partial charge in [0.1, 0.15) is 0 Å². The van der Waals surface area contributed by atoms with E-state index in [-0.39, 0.29) is 31.4 Å². The number of hydrogen-bond acceptors (Lipinski definition) is 10. The van der Waals surface area contributed by atoms with E-state index in [1.165, 1.54) is 0 Å². The van der Waals surface area contributed by atoms with Crippen molar-refractivity contribution < 1.29 is 43.1 Å². The molecule has 0 aliphatic heterocycles. The molecule has 0 amide bonds. The fourth-order valence-corrected chi connectivity index (χ4v) is 7.07. The van der Waals surface area contributed by atoms with Crippen LogP contribution in [0.15, 0.2) is 97.2 Å². The van der Waals surface area contributed by atoms with E-state index in [9.17, 15) is 14.7 Å². The fourth-order valence-electron chi connectivity index (χ4n) is 7.07. The molecule has 0 aliphatic rings. The number of esters is 2. The summed E-state index contributed by atoms with van der Waals surface area (Å²) in [6.07, 6.45) is 56.1. The predicted octanol–water partition coefficient (Wildman–Crippen LogP) is 14.8. The molecule has 0 radical (unpaired) electrons. The number of carbonyl (C=O) groups excluding carboxylic acids is 2. The molecule has 0 aromatic rings. The van der Waals surface area contributed by atoms with Crippen LogP contribution in [0, 0.1) is 0 Å². The minimum Gasteiger partial charge on any atom is -0.466 e. The van der Waals surface area contributed by atoms with Crippen molar-refractivity contribution in [2.75, 3.05) is 65.9 Å². The average Bonchev–Trinajstić information content (AvgIpc) is 3.36. The zero-order valence-electron chi connectivity index (χ0n) is 45.0. The molecule has 0 rings (SSSR count). The second kappa shape index (κ2) is 56.5. The van der Waals surface area contributed by atoms with Gasteiger partial charge in [0.2, 0.25) is 0 Å². The molecule has 10 nitrogen and oxygen atoms in total. The van der Waals surface area contributed by atoms with Crippen molar-refractivity contribution in [1.29, 1.82) is 0 Å². The van der Waals surface area contributed by atoms with Crippen LogP contribution in [-0.2, 0) is 38.0 Å². The van der Waals surface area contributed by atoms with E-state index in [0.717, 1.165) is 161 Å². The molecule has 0 spiro atoms. The average molecular weight is 982 g/mol. The Kier molecular flexibility index (Phi) is 53.8. The number of ether oxygens (including phenoxy) is 6. The molecular formula is C60H103NO9. The van der Waals surface area contributed by atoms with Gasteiger partial charge in [-0.15, -0.1) is 0 Å². The molecule has 70 heavy (non-hydrogen) atoms. The second-order valence-corrected chi connectivity index (χ2v) is 17.5. The van der Waals surface area contributed by atoms with Crippen molar-refractivity contribution in [2.24, 2.45) is 0 Å². The van der Waals surface area contributed by atoms with E-state index in [2.05, 4.69) is 130 Å². The lowest BCUT2D eigenvalue weighted by Gasteiger charge is -2.22. The van der Waals surface area contributed by atoms with Crippen molar-refractivity contribution >= 4 is 11.9 Å². The number of carbonyl (C=O) groups is 2. The maximum Gasteiger partial charge on any atom is 0.305 e. The standard InChI is InChI=1S/C60H103NO9/c1-5-9-13-17-21-27-39-53-67-59(68-54-40-28-22-18-14-10-6-2)45-43-57(63)65-51-37-31-25-33-47-61(49-35-36-50-62)48-34-26-32-38-52-66-58(64)44-46-60(69-55-41-29-23-19-15-11-7-3)70-56-42-30-24-20-16-12-8-4/h9-16,21-24,27-30,59-60,62H,5-8,17-20,25-26,31-56H2,1-4H3. The number of aliphatic hydroxyl groups is 1. The van der Waals surface area contributed by atoms with E-state index in [1.807, 2.05) is 0 Å². The van der Waals surface area contributed by atoms with E-state index in [4.69, 9.17) is 28.4 Å². The molecule has 0 heterocycles. The first kappa shape index (κ1) is 66.6. The highest BCUT2D eigenvalue weighted by Gasteiger charge is 2.15. The highest BCUT2D eigenvalue weighted by Crippen LogP contribution is 2.12. The van der Waals surface area contributed by atoms with E-state index < -0.39 is 12.6 Å². The number of nitrogens with zero attached hydrogens (tertiary/aromatic N) is 1. The second-order valence-electron chi connectivity index (χ2n) is 17.5. The number of hydrogen-bond donors (Lipinski definition) is 1. The van der Waals surface area contributed by atoms with Gasteiger partial charge in [-0.2, -0.15) is 0 Å². The van der Waals surface area contributed by atoms with Gasteiger partial charge in [-0.1, -0.05) is 151 Å². The summed E-state index contributed by atoms with van der Waals surface area (Å²) < 4.78 is 35.3. The highest BCUT2D eigenvalue weighted by atomic mass is 16.7. The largest absolute Gasteiger partial charge is 0.466 e. The molecule has 0 unspecified atom stereocenters. The number of allylic oxidation sites excluding steroid dienone is 12. The summed E-state index contributed by atoms with van der Waals surface area (Å²) in [5, 5.41) is 9.36. The predicted molar refractivity (Wildman–Crippen MR) is 293 cm³/mol. The van der Waals surface area contributed by atoms with Gasteiger partial charge in [-0.3, -0.25) is 9.59 Å². The van der Waals surface area contributed by atoms with Crippen LogP contribution < -0.4 is 0 Å². The van der Waals surface area contributed by atoms with Crippen molar-refractivity contribution in [3.8, 4) is 0 Å². The third-order valence-electron chi connectivity index (χ3n) is 11.0. The molecule has 0 atom stereocenters. The van der Waals surface area contributed by atoms with Gasteiger partial charge in [0.25, 0.3) is 0 Å². The Morgan fingerprint density at radius 1 is 0.386 bits per heavy atom. The number of unbranched alkanes of at least 4 members (excludes halogenated alkanes) is 7. The zero-order chi connectivity index (χ0) is 50.9. The van der Waals surface area contributed by atoms with Gasteiger partial charge in [0.15, 0.2) is 12.6 Å². The Labute approximate surface area is 428 Å². The maximum atomic E-state index is 12.6. The van der Waals surface area contributed by atoms with E-state index >= 15 is 0 Å². The molecule has 402 valence electrons. The van der Waals surface area contributed by atoms with E-state index in [0.29, 0.717) is 52.5 Å². The van der Waals surface area contributed by atoms with Gasteiger partial charge in [-0.05, 0) is 135 Å². The fraction of sp³-hybridized carbons (Fsp3) is 0.700. The van der Waals surface area contributed by atoms with Crippen LogP contribution in [0.1, 0.15) is 195 Å². The molecule has 0 aliphatic carbocycles. The normalized spacial score (nSPS) is 13.5. The summed E-state index contributed by atoms with van der Waals surface area (Å²) in [4.78, 5) is 27.8. The SMILES string of the molecule is CCC=CCC=CCCOC(CCC(=O)OCCCCCCN(CCCCO)CCCCCCOC(=O)CCC(OCCC=CCC=CCC)OCCC=CCC=CCC)OCCC=CCC=CCC. The first-order chi connectivity index (χ1) is 34.5. The van der Waals surface area contributed by atoms with Crippen LogP contribution in [0.3, 0.4) is 0 Å². The monoisotopic (exact) mass is 982 g/mol. The molecule has 1 N–H and O–H groups in total. The van der Waals surface area contributed by atoms with Crippen molar-refractivity contribution in [3.05, 3.63) is 97.2 Å². The smallest absolute Gasteiger partial charge is 0.305 e. The molecule has 0 aromatic heterocycles. The van der Waals surface area contributed by atoms with Gasteiger partial charge in [0, 0.05) is 19.4 Å². The molecule has 0 aromatic carbocycles. The van der Waals surface area contributed by atoms with Gasteiger partial charge in [0.05, 0.1) is 52.5 Å². The quantitative estimate of drug-likeness (QED) is 0.0274. The number of rotatable bonds is 52. The summed E-state index contributed by atoms with van der Waals surface area (Å²) in [5.41, 5.74) is 0. The summed E-state index contributed by atoms with van der Waals surface area (Å²) in [5.74, 6) is -0.404. The van der Waals surface area contributed by atoms with E-state index in [1.54, 1.807) is 0 Å². The first-order valence-electron chi connectivity index (χ1n) is 27.8. The Morgan fingerprint density at radius 3 is 1.00 bits per heavy atom. The van der Waals surface area contributed by atoms with Crippen LogP contribution in [0.5, 0.6) is 0 Å². The van der Waals surface area contributed by atoms with Crippen LogP contribution in [-0.4, -0.2) is 100 Å². The topological polar surface area (TPSA) is 113 Å². The first-order valence-corrected chi connectivity index (χ1v) is 27.8. The summed E-state index contributed by atoms with van der Waals surface area (Å²) >= 11 is 0.